The van der Waals surface area contributed by atoms with Gasteiger partial charge >= 0.3 is 5.97 Å². The Kier molecular flexibility index (Phi) is 3.16. The number of carboxylic acid groups (broad SMARTS) is 1. The Morgan fingerprint density at radius 3 is 2.62 bits per heavy atom. The van der Waals surface area contributed by atoms with Crippen molar-refractivity contribution in [1.82, 2.24) is 14.5 Å². The van der Waals surface area contributed by atoms with Crippen LogP contribution in [0.2, 0.25) is 5.15 Å². The maximum atomic E-state index is 11.3. The number of aryl methyl sites for hydroxylation is 1. The molecule has 0 amide bonds. The van der Waals surface area contributed by atoms with Crippen molar-refractivity contribution in [2.75, 3.05) is 13.1 Å². The molecule has 1 atom stereocenters. The third kappa shape index (κ3) is 1.92. The largest absolute Gasteiger partial charge is 0.480 e. The molecule has 1 aliphatic heterocycles. The molecule has 0 bridgehead atoms. The first-order chi connectivity index (χ1) is 7.61. The summed E-state index contributed by atoms with van der Waals surface area (Å²) in [6.45, 7) is 1.59. The molecule has 0 radical (unpaired) electrons. The molecule has 1 unspecified atom stereocenters. The van der Waals surface area contributed by atoms with Gasteiger partial charge in [-0.2, -0.15) is 0 Å². The van der Waals surface area contributed by atoms with Gasteiger partial charge < -0.3 is 9.67 Å². The van der Waals surface area contributed by atoms with Gasteiger partial charge in [-0.25, -0.2) is 4.98 Å². The monoisotopic (exact) mass is 243 g/mol. The minimum absolute atomic E-state index is 0.402. The van der Waals surface area contributed by atoms with Crippen molar-refractivity contribution >= 4 is 17.6 Å². The average molecular weight is 244 g/mol. The molecule has 0 spiro atoms. The Morgan fingerprint density at radius 2 is 2.19 bits per heavy atom. The van der Waals surface area contributed by atoms with Crippen LogP contribution in [0, 0.1) is 0 Å². The highest BCUT2D eigenvalue weighted by molar-refractivity contribution is 6.30. The fourth-order valence-electron chi connectivity index (χ4n) is 2.06. The van der Waals surface area contributed by atoms with Crippen LogP contribution in [0.3, 0.4) is 0 Å². The summed E-state index contributed by atoms with van der Waals surface area (Å²) in [5.74, 6) is -0.887. The van der Waals surface area contributed by atoms with Gasteiger partial charge in [-0.15, -0.1) is 0 Å². The number of hydrogen-bond donors (Lipinski definition) is 1. The molecule has 0 aromatic carbocycles. The van der Waals surface area contributed by atoms with Crippen LogP contribution in [0.4, 0.5) is 0 Å². The smallest absolute Gasteiger partial charge is 0.327 e. The molecule has 1 aliphatic rings. The number of imidazole rings is 1. The Balaban J connectivity index is 2.32. The molecule has 0 saturated carbocycles. The van der Waals surface area contributed by atoms with Crippen molar-refractivity contribution in [3.8, 4) is 0 Å². The molecule has 1 N–H and O–H groups in total. The summed E-state index contributed by atoms with van der Waals surface area (Å²) >= 11 is 6.04. The van der Waals surface area contributed by atoms with Gasteiger partial charge in [0.25, 0.3) is 0 Å². The van der Waals surface area contributed by atoms with Gasteiger partial charge in [-0.1, -0.05) is 11.6 Å². The van der Waals surface area contributed by atoms with E-state index in [1.807, 2.05) is 4.90 Å². The highest BCUT2D eigenvalue weighted by Gasteiger charge is 2.33. The van der Waals surface area contributed by atoms with Crippen molar-refractivity contribution in [3.63, 3.8) is 0 Å². The summed E-state index contributed by atoms with van der Waals surface area (Å²) in [5.41, 5.74) is 0.443. The third-order valence-electron chi connectivity index (χ3n) is 2.89. The van der Waals surface area contributed by atoms with E-state index >= 15 is 0 Å². The summed E-state index contributed by atoms with van der Waals surface area (Å²) in [4.78, 5) is 17.3. The van der Waals surface area contributed by atoms with Crippen LogP contribution in [0.1, 0.15) is 24.6 Å². The number of halogens is 1. The maximum Gasteiger partial charge on any atom is 0.327 e. The summed E-state index contributed by atoms with van der Waals surface area (Å²) in [5, 5.41) is 9.67. The predicted molar refractivity (Wildman–Crippen MR) is 59.4 cm³/mol. The summed E-state index contributed by atoms with van der Waals surface area (Å²) in [6, 6.07) is -0.712. The van der Waals surface area contributed by atoms with Gasteiger partial charge in [0, 0.05) is 7.05 Å². The fourth-order valence-corrected chi connectivity index (χ4v) is 2.26. The van der Waals surface area contributed by atoms with Crippen LogP contribution in [0.5, 0.6) is 0 Å². The molecule has 2 rings (SSSR count). The van der Waals surface area contributed by atoms with Gasteiger partial charge in [0.2, 0.25) is 0 Å². The first-order valence-electron chi connectivity index (χ1n) is 5.25. The SMILES string of the molecule is Cn1cnc(C(C(=O)O)N2CCCC2)c1Cl. The van der Waals surface area contributed by atoms with Gasteiger partial charge in [0.15, 0.2) is 6.04 Å². The predicted octanol–water partition coefficient (Wildman–Crippen LogP) is 1.29. The van der Waals surface area contributed by atoms with E-state index in [-0.39, 0.29) is 0 Å². The van der Waals surface area contributed by atoms with Gasteiger partial charge in [0.05, 0.1) is 6.33 Å². The Bertz CT molecular complexity index is 399. The van der Waals surface area contributed by atoms with Crippen LogP contribution in [0.25, 0.3) is 0 Å². The summed E-state index contributed by atoms with van der Waals surface area (Å²) in [6.07, 6.45) is 3.62. The van der Waals surface area contributed by atoms with Crippen LogP contribution < -0.4 is 0 Å². The second-order valence-electron chi connectivity index (χ2n) is 4.02. The van der Waals surface area contributed by atoms with Crippen molar-refractivity contribution < 1.29 is 9.90 Å². The Hall–Kier alpha value is -1.07. The highest BCUT2D eigenvalue weighted by Crippen LogP contribution is 2.28. The van der Waals surface area contributed by atoms with Crippen LogP contribution >= 0.6 is 11.6 Å². The maximum absolute atomic E-state index is 11.3. The first kappa shape index (κ1) is 11.4. The average Bonchev–Trinajstić information content (AvgIpc) is 2.83. The molecule has 88 valence electrons. The normalized spacial score (nSPS) is 18.9. The highest BCUT2D eigenvalue weighted by atomic mass is 35.5. The van der Waals surface area contributed by atoms with E-state index in [9.17, 15) is 9.90 Å². The fraction of sp³-hybridized carbons (Fsp3) is 0.600. The zero-order valence-electron chi connectivity index (χ0n) is 9.06. The van der Waals surface area contributed by atoms with Crippen LogP contribution in [-0.4, -0.2) is 38.6 Å². The molecule has 1 fully saturated rings. The standard InChI is InChI=1S/C10H14ClN3O2/c1-13-6-12-7(9(13)11)8(10(15)16)14-4-2-3-5-14/h6,8H,2-5H2,1H3,(H,15,16). The molecule has 1 saturated heterocycles. The Labute approximate surface area is 98.6 Å². The molecule has 5 nitrogen and oxygen atoms in total. The van der Waals surface area contributed by atoms with Crippen molar-refractivity contribution in [1.29, 1.82) is 0 Å². The molecular weight excluding hydrogens is 230 g/mol. The lowest BCUT2D eigenvalue weighted by Crippen LogP contribution is -2.32. The molecular formula is C10H14ClN3O2. The molecule has 1 aromatic rings. The zero-order chi connectivity index (χ0) is 11.7. The lowest BCUT2D eigenvalue weighted by Gasteiger charge is -2.22. The molecule has 1 aromatic heterocycles. The van der Waals surface area contributed by atoms with Gasteiger partial charge in [-0.05, 0) is 25.9 Å². The number of carbonyl (C=O) groups is 1. The van der Waals surface area contributed by atoms with Crippen LogP contribution in [0.15, 0.2) is 6.33 Å². The number of likely N-dealkylation sites (tertiary alicyclic amines) is 1. The topological polar surface area (TPSA) is 58.4 Å². The molecule has 0 aliphatic carbocycles. The van der Waals surface area contributed by atoms with E-state index < -0.39 is 12.0 Å². The van der Waals surface area contributed by atoms with Gasteiger partial charge in [0.1, 0.15) is 10.8 Å². The number of carboxylic acids is 1. The Morgan fingerprint density at radius 1 is 1.56 bits per heavy atom. The minimum Gasteiger partial charge on any atom is -0.480 e. The number of rotatable bonds is 3. The van der Waals surface area contributed by atoms with Crippen molar-refractivity contribution in [2.45, 2.75) is 18.9 Å². The van der Waals surface area contributed by atoms with Crippen molar-refractivity contribution in [2.24, 2.45) is 7.05 Å². The lowest BCUT2D eigenvalue weighted by molar-refractivity contribution is -0.143. The number of nitrogens with zero attached hydrogens (tertiary/aromatic N) is 3. The number of hydrogen-bond acceptors (Lipinski definition) is 3. The third-order valence-corrected chi connectivity index (χ3v) is 3.35. The number of aromatic nitrogens is 2. The van der Waals surface area contributed by atoms with E-state index in [1.54, 1.807) is 17.9 Å². The van der Waals surface area contributed by atoms with E-state index in [0.29, 0.717) is 10.8 Å². The van der Waals surface area contributed by atoms with Crippen LogP contribution in [-0.2, 0) is 11.8 Å². The zero-order valence-corrected chi connectivity index (χ0v) is 9.81. The second kappa shape index (κ2) is 4.43. The lowest BCUT2D eigenvalue weighted by atomic mass is 10.2. The first-order valence-corrected chi connectivity index (χ1v) is 5.62. The van der Waals surface area contributed by atoms with E-state index in [0.717, 1.165) is 25.9 Å². The second-order valence-corrected chi connectivity index (χ2v) is 4.37. The van der Waals surface area contributed by atoms with Gasteiger partial charge in [-0.3, -0.25) is 9.69 Å². The van der Waals surface area contributed by atoms with Crippen molar-refractivity contribution in [3.05, 3.63) is 17.2 Å². The quantitative estimate of drug-likeness (QED) is 0.869. The molecule has 6 heteroatoms. The molecule has 16 heavy (non-hydrogen) atoms. The van der Waals surface area contributed by atoms with E-state index in [1.165, 1.54) is 0 Å². The summed E-state index contributed by atoms with van der Waals surface area (Å²) in [7, 11) is 1.75. The number of aliphatic carboxylic acids is 1. The molecule has 2 heterocycles. The minimum atomic E-state index is -0.887. The van der Waals surface area contributed by atoms with E-state index in [4.69, 9.17) is 11.6 Å². The summed E-state index contributed by atoms with van der Waals surface area (Å²) < 4.78 is 1.63. The van der Waals surface area contributed by atoms with E-state index in [2.05, 4.69) is 4.98 Å².